The van der Waals surface area contributed by atoms with Crippen molar-refractivity contribution in [1.82, 2.24) is 4.98 Å². The van der Waals surface area contributed by atoms with Crippen molar-refractivity contribution in [2.75, 3.05) is 0 Å². The molecule has 0 amide bonds. The molecule has 0 fully saturated rings. The third-order valence-electron chi connectivity index (χ3n) is 1.40. The van der Waals surface area contributed by atoms with E-state index in [2.05, 4.69) is 37.2 Å². The molecule has 1 nitrogen and oxygen atoms in total. The van der Waals surface area contributed by atoms with E-state index in [4.69, 9.17) is 0 Å². The quantitative estimate of drug-likeness (QED) is 0.674. The minimum absolute atomic E-state index is 0.697. The fourth-order valence-corrected chi connectivity index (χ4v) is 1.30. The maximum Gasteiger partial charge on any atom is 0.0506 e. The van der Waals surface area contributed by atoms with E-state index in [0.29, 0.717) is 11.5 Å². The second-order valence-corrected chi connectivity index (χ2v) is 3.08. The van der Waals surface area contributed by atoms with Gasteiger partial charge in [-0.3, -0.25) is 4.98 Å². The van der Waals surface area contributed by atoms with Crippen LogP contribution >= 0.6 is 25.3 Å². The standard InChI is InChI=1S/C8H11NS2/c1-6-2-7(4-10)9-8(3-6)5-11/h2-3,10-11H,4-5H2,1H3. The van der Waals surface area contributed by atoms with Crippen LogP contribution in [0.15, 0.2) is 12.1 Å². The number of thiol groups is 2. The Kier molecular flexibility index (Phi) is 3.27. The predicted molar refractivity (Wildman–Crippen MR) is 54.4 cm³/mol. The lowest BCUT2D eigenvalue weighted by molar-refractivity contribution is 1.08. The van der Waals surface area contributed by atoms with Gasteiger partial charge in [-0.1, -0.05) is 0 Å². The molecule has 60 valence electrons. The number of pyridine rings is 1. The molecular weight excluding hydrogens is 174 g/mol. The number of rotatable bonds is 2. The van der Waals surface area contributed by atoms with Crippen molar-refractivity contribution >= 4 is 25.3 Å². The first-order chi connectivity index (χ1) is 5.26. The number of hydrogen-bond donors (Lipinski definition) is 2. The van der Waals surface area contributed by atoms with Crippen molar-refractivity contribution in [3.05, 3.63) is 29.1 Å². The fraction of sp³-hybridized carbons (Fsp3) is 0.375. The summed E-state index contributed by atoms with van der Waals surface area (Å²) < 4.78 is 0. The number of aromatic nitrogens is 1. The number of hydrogen-bond acceptors (Lipinski definition) is 3. The van der Waals surface area contributed by atoms with Crippen molar-refractivity contribution < 1.29 is 0 Å². The van der Waals surface area contributed by atoms with Crippen LogP contribution in [-0.2, 0) is 11.5 Å². The van der Waals surface area contributed by atoms with Gasteiger partial charge in [0.1, 0.15) is 0 Å². The van der Waals surface area contributed by atoms with Crippen LogP contribution in [0.25, 0.3) is 0 Å². The molecule has 1 aromatic rings. The Balaban J connectivity index is 3.02. The average Bonchev–Trinajstić information content (AvgIpc) is 2.03. The fourth-order valence-electron chi connectivity index (χ4n) is 0.978. The van der Waals surface area contributed by atoms with Gasteiger partial charge in [0.2, 0.25) is 0 Å². The molecule has 1 heterocycles. The van der Waals surface area contributed by atoms with Gasteiger partial charge in [0.05, 0.1) is 11.4 Å². The molecule has 0 radical (unpaired) electrons. The van der Waals surface area contributed by atoms with E-state index in [0.717, 1.165) is 11.4 Å². The molecule has 0 saturated heterocycles. The number of nitrogens with zero attached hydrogens (tertiary/aromatic N) is 1. The Morgan fingerprint density at radius 3 is 2.00 bits per heavy atom. The highest BCUT2D eigenvalue weighted by atomic mass is 32.1. The largest absolute Gasteiger partial charge is 0.256 e. The summed E-state index contributed by atoms with van der Waals surface area (Å²) in [6, 6.07) is 4.08. The van der Waals surface area contributed by atoms with Gasteiger partial charge < -0.3 is 0 Å². The third kappa shape index (κ3) is 2.42. The highest BCUT2D eigenvalue weighted by Gasteiger charge is 1.96. The molecule has 0 bridgehead atoms. The molecule has 1 rings (SSSR count). The monoisotopic (exact) mass is 185 g/mol. The van der Waals surface area contributed by atoms with Crippen LogP contribution in [0.1, 0.15) is 17.0 Å². The van der Waals surface area contributed by atoms with E-state index in [1.54, 1.807) is 0 Å². The SMILES string of the molecule is Cc1cc(CS)nc(CS)c1. The molecule has 0 atom stereocenters. The predicted octanol–water partition coefficient (Wildman–Crippen LogP) is 2.25. The van der Waals surface area contributed by atoms with Gasteiger partial charge in [0.15, 0.2) is 0 Å². The Hall–Kier alpha value is -0.150. The molecule has 0 unspecified atom stereocenters. The summed E-state index contributed by atoms with van der Waals surface area (Å²) >= 11 is 8.31. The topological polar surface area (TPSA) is 12.9 Å². The Labute approximate surface area is 78.1 Å². The zero-order chi connectivity index (χ0) is 8.27. The Bertz CT molecular complexity index is 226. The van der Waals surface area contributed by atoms with Gasteiger partial charge in [-0.05, 0) is 24.6 Å². The van der Waals surface area contributed by atoms with Gasteiger partial charge in [-0.25, -0.2) is 0 Å². The van der Waals surface area contributed by atoms with E-state index < -0.39 is 0 Å². The van der Waals surface area contributed by atoms with E-state index in [9.17, 15) is 0 Å². The molecule has 1 aromatic heterocycles. The lowest BCUT2D eigenvalue weighted by Gasteiger charge is -2.01. The zero-order valence-corrected chi connectivity index (χ0v) is 8.20. The van der Waals surface area contributed by atoms with Crippen LogP contribution in [0.5, 0.6) is 0 Å². The van der Waals surface area contributed by atoms with Crippen LogP contribution < -0.4 is 0 Å². The highest BCUT2D eigenvalue weighted by molar-refractivity contribution is 7.79. The van der Waals surface area contributed by atoms with Crippen molar-refractivity contribution in [3.8, 4) is 0 Å². The maximum atomic E-state index is 4.32. The second kappa shape index (κ2) is 4.02. The van der Waals surface area contributed by atoms with E-state index in [1.165, 1.54) is 5.56 Å². The summed E-state index contributed by atoms with van der Waals surface area (Å²) in [6.07, 6.45) is 0. The van der Waals surface area contributed by atoms with Crippen molar-refractivity contribution in [2.45, 2.75) is 18.4 Å². The molecule has 0 saturated carbocycles. The first-order valence-corrected chi connectivity index (χ1v) is 4.71. The highest BCUT2D eigenvalue weighted by Crippen LogP contribution is 2.08. The molecule has 11 heavy (non-hydrogen) atoms. The molecule has 0 aromatic carbocycles. The van der Waals surface area contributed by atoms with Crippen molar-refractivity contribution in [3.63, 3.8) is 0 Å². The van der Waals surface area contributed by atoms with Crippen LogP contribution in [0, 0.1) is 6.92 Å². The van der Waals surface area contributed by atoms with Gasteiger partial charge in [0, 0.05) is 11.5 Å². The first-order valence-electron chi connectivity index (χ1n) is 3.44. The second-order valence-electron chi connectivity index (χ2n) is 2.44. The smallest absolute Gasteiger partial charge is 0.0506 e. The lowest BCUT2D eigenvalue weighted by atomic mass is 10.2. The zero-order valence-electron chi connectivity index (χ0n) is 6.41. The summed E-state index contributed by atoms with van der Waals surface area (Å²) in [4.78, 5) is 4.32. The van der Waals surface area contributed by atoms with Crippen LogP contribution in [0.4, 0.5) is 0 Å². The molecule has 0 aliphatic heterocycles. The summed E-state index contributed by atoms with van der Waals surface area (Å²) in [7, 11) is 0. The van der Waals surface area contributed by atoms with E-state index >= 15 is 0 Å². The third-order valence-corrected chi connectivity index (χ3v) is 2.05. The lowest BCUT2D eigenvalue weighted by Crippen LogP contribution is -1.92. The van der Waals surface area contributed by atoms with Crippen molar-refractivity contribution in [1.29, 1.82) is 0 Å². The molecular formula is C8H11NS2. The van der Waals surface area contributed by atoms with Gasteiger partial charge in [-0.15, -0.1) is 0 Å². The molecule has 0 aliphatic carbocycles. The molecule has 0 aliphatic rings. The van der Waals surface area contributed by atoms with Crippen LogP contribution in [0.3, 0.4) is 0 Å². The van der Waals surface area contributed by atoms with Crippen LogP contribution in [0.2, 0.25) is 0 Å². The Morgan fingerprint density at radius 1 is 1.18 bits per heavy atom. The summed E-state index contributed by atoms with van der Waals surface area (Å²) in [5.41, 5.74) is 3.28. The minimum atomic E-state index is 0.697. The van der Waals surface area contributed by atoms with Gasteiger partial charge in [-0.2, -0.15) is 25.3 Å². The molecule has 3 heteroatoms. The first kappa shape index (κ1) is 8.94. The normalized spacial score (nSPS) is 10.1. The molecule has 0 N–H and O–H groups in total. The summed E-state index contributed by atoms with van der Waals surface area (Å²) in [6.45, 7) is 2.06. The average molecular weight is 185 g/mol. The number of aryl methyl sites for hydroxylation is 1. The molecule has 0 spiro atoms. The summed E-state index contributed by atoms with van der Waals surface area (Å²) in [5, 5.41) is 0. The van der Waals surface area contributed by atoms with Gasteiger partial charge >= 0.3 is 0 Å². The minimum Gasteiger partial charge on any atom is -0.256 e. The van der Waals surface area contributed by atoms with E-state index in [-0.39, 0.29) is 0 Å². The van der Waals surface area contributed by atoms with Crippen molar-refractivity contribution in [2.24, 2.45) is 0 Å². The van der Waals surface area contributed by atoms with E-state index in [1.807, 2.05) is 12.1 Å². The maximum absolute atomic E-state index is 4.32. The van der Waals surface area contributed by atoms with Gasteiger partial charge in [0.25, 0.3) is 0 Å². The Morgan fingerprint density at radius 2 is 1.64 bits per heavy atom. The summed E-state index contributed by atoms with van der Waals surface area (Å²) in [5.74, 6) is 1.39. The van der Waals surface area contributed by atoms with Crippen LogP contribution in [-0.4, -0.2) is 4.98 Å².